The Hall–Kier alpha value is -0.790. The Labute approximate surface area is 86.6 Å². The van der Waals surface area contributed by atoms with E-state index in [1.807, 2.05) is 0 Å². The number of amides is 1. The van der Waals surface area contributed by atoms with Gasteiger partial charge in [0.15, 0.2) is 0 Å². The number of carbonyl (C=O) groups excluding carboxylic acids is 1. The van der Waals surface area contributed by atoms with Gasteiger partial charge in [0.25, 0.3) is 0 Å². The molecule has 2 N–H and O–H groups in total. The standard InChI is InChI=1S/C12H21NO/c1-2-3-4-5-6-7-8-10-9-11(10)12(13)14/h6-7,10-11H,2-5,8-9H2,1H3,(H2,13,14)/t10-,11+/m1/s1. The van der Waals surface area contributed by atoms with Crippen LogP contribution in [0, 0.1) is 11.8 Å². The summed E-state index contributed by atoms with van der Waals surface area (Å²) in [6.07, 6.45) is 11.6. The smallest absolute Gasteiger partial charge is 0.220 e. The van der Waals surface area contributed by atoms with Gasteiger partial charge in [-0.3, -0.25) is 4.79 Å². The number of hydrogen-bond donors (Lipinski definition) is 1. The van der Waals surface area contributed by atoms with Crippen LogP contribution in [0.25, 0.3) is 0 Å². The Balaban J connectivity index is 1.97. The van der Waals surface area contributed by atoms with Crippen molar-refractivity contribution in [2.24, 2.45) is 17.6 Å². The lowest BCUT2D eigenvalue weighted by Gasteiger charge is -1.92. The van der Waals surface area contributed by atoms with Gasteiger partial charge in [0.1, 0.15) is 0 Å². The summed E-state index contributed by atoms with van der Waals surface area (Å²) >= 11 is 0. The van der Waals surface area contributed by atoms with E-state index in [4.69, 9.17) is 5.73 Å². The summed E-state index contributed by atoms with van der Waals surface area (Å²) in [7, 11) is 0. The van der Waals surface area contributed by atoms with E-state index in [1.54, 1.807) is 0 Å². The Morgan fingerprint density at radius 2 is 2.21 bits per heavy atom. The summed E-state index contributed by atoms with van der Waals surface area (Å²) in [5.41, 5.74) is 5.20. The first-order valence-corrected chi connectivity index (χ1v) is 5.70. The molecule has 0 bridgehead atoms. The van der Waals surface area contributed by atoms with E-state index < -0.39 is 0 Å². The number of hydrogen-bond acceptors (Lipinski definition) is 1. The number of carbonyl (C=O) groups is 1. The molecule has 0 aromatic rings. The summed E-state index contributed by atoms with van der Waals surface area (Å²) in [5, 5.41) is 0. The fraction of sp³-hybridized carbons (Fsp3) is 0.750. The van der Waals surface area contributed by atoms with Crippen LogP contribution in [-0.4, -0.2) is 5.91 Å². The van der Waals surface area contributed by atoms with Crippen LogP contribution in [0.2, 0.25) is 0 Å². The van der Waals surface area contributed by atoms with Crippen LogP contribution in [0.3, 0.4) is 0 Å². The molecule has 0 heterocycles. The Morgan fingerprint density at radius 3 is 2.79 bits per heavy atom. The Morgan fingerprint density at radius 1 is 1.43 bits per heavy atom. The lowest BCUT2D eigenvalue weighted by atomic mass is 10.1. The number of primary amides is 1. The first kappa shape index (κ1) is 11.3. The second-order valence-corrected chi connectivity index (χ2v) is 4.21. The molecule has 1 amide bonds. The van der Waals surface area contributed by atoms with Crippen LogP contribution in [0.5, 0.6) is 0 Å². The third-order valence-corrected chi connectivity index (χ3v) is 2.87. The molecule has 1 rings (SSSR count). The van der Waals surface area contributed by atoms with Gasteiger partial charge in [0, 0.05) is 5.92 Å². The molecule has 1 fully saturated rings. The van der Waals surface area contributed by atoms with Gasteiger partial charge >= 0.3 is 0 Å². The van der Waals surface area contributed by atoms with Crippen molar-refractivity contribution in [2.75, 3.05) is 0 Å². The van der Waals surface area contributed by atoms with E-state index in [9.17, 15) is 4.79 Å². The third kappa shape index (κ3) is 3.95. The van der Waals surface area contributed by atoms with Crippen LogP contribution in [-0.2, 0) is 4.79 Å². The van der Waals surface area contributed by atoms with E-state index in [-0.39, 0.29) is 11.8 Å². The SMILES string of the molecule is CCCCCC=CC[C@@H]1C[C@@H]1C(N)=O. The predicted octanol–water partition coefficient (Wildman–Crippen LogP) is 2.63. The molecule has 1 saturated carbocycles. The Bertz CT molecular complexity index is 210. The maximum atomic E-state index is 10.7. The molecule has 0 aromatic carbocycles. The molecule has 14 heavy (non-hydrogen) atoms. The molecule has 1 aliphatic carbocycles. The van der Waals surface area contributed by atoms with E-state index >= 15 is 0 Å². The molecule has 0 radical (unpaired) electrons. The molecule has 0 spiro atoms. The molecule has 80 valence electrons. The van der Waals surface area contributed by atoms with Gasteiger partial charge in [-0.2, -0.15) is 0 Å². The van der Waals surface area contributed by atoms with Crippen LogP contribution < -0.4 is 5.73 Å². The van der Waals surface area contributed by atoms with Gasteiger partial charge in [-0.05, 0) is 31.6 Å². The molecule has 2 nitrogen and oxygen atoms in total. The van der Waals surface area contributed by atoms with E-state index in [1.165, 1.54) is 25.7 Å². The van der Waals surface area contributed by atoms with E-state index in [0.717, 1.165) is 12.8 Å². The monoisotopic (exact) mass is 195 g/mol. The fourth-order valence-electron chi connectivity index (χ4n) is 1.76. The highest BCUT2D eigenvalue weighted by Crippen LogP contribution is 2.41. The van der Waals surface area contributed by atoms with Crippen molar-refractivity contribution in [2.45, 2.75) is 45.4 Å². The zero-order valence-electron chi connectivity index (χ0n) is 9.04. The number of rotatable bonds is 7. The average molecular weight is 195 g/mol. The largest absolute Gasteiger partial charge is 0.369 e. The van der Waals surface area contributed by atoms with Crippen LogP contribution in [0.15, 0.2) is 12.2 Å². The maximum absolute atomic E-state index is 10.7. The normalized spacial score (nSPS) is 25.5. The van der Waals surface area contributed by atoms with Crippen LogP contribution in [0.1, 0.15) is 45.4 Å². The van der Waals surface area contributed by atoms with Crippen LogP contribution in [0.4, 0.5) is 0 Å². The minimum atomic E-state index is -0.116. The van der Waals surface area contributed by atoms with Gasteiger partial charge in [-0.15, -0.1) is 0 Å². The predicted molar refractivity (Wildman–Crippen MR) is 58.7 cm³/mol. The molecule has 0 unspecified atom stereocenters. The highest BCUT2D eigenvalue weighted by Gasteiger charge is 2.40. The first-order valence-electron chi connectivity index (χ1n) is 5.70. The zero-order chi connectivity index (χ0) is 10.4. The van der Waals surface area contributed by atoms with Gasteiger partial charge in [-0.1, -0.05) is 31.9 Å². The van der Waals surface area contributed by atoms with E-state index in [0.29, 0.717) is 5.92 Å². The summed E-state index contributed by atoms with van der Waals surface area (Å²) in [6.45, 7) is 2.21. The summed E-state index contributed by atoms with van der Waals surface area (Å²) < 4.78 is 0. The van der Waals surface area contributed by atoms with Crippen molar-refractivity contribution >= 4 is 5.91 Å². The van der Waals surface area contributed by atoms with Crippen molar-refractivity contribution in [1.29, 1.82) is 0 Å². The quantitative estimate of drug-likeness (QED) is 0.492. The zero-order valence-corrected chi connectivity index (χ0v) is 9.04. The topological polar surface area (TPSA) is 43.1 Å². The molecule has 2 atom stereocenters. The van der Waals surface area contributed by atoms with Crippen molar-refractivity contribution in [3.8, 4) is 0 Å². The van der Waals surface area contributed by atoms with Crippen molar-refractivity contribution in [1.82, 2.24) is 0 Å². The number of unbranched alkanes of at least 4 members (excludes halogenated alkanes) is 3. The highest BCUT2D eigenvalue weighted by molar-refractivity contribution is 5.79. The molecule has 0 aliphatic heterocycles. The maximum Gasteiger partial charge on any atom is 0.220 e. The van der Waals surface area contributed by atoms with Crippen LogP contribution >= 0.6 is 0 Å². The molecule has 0 saturated heterocycles. The van der Waals surface area contributed by atoms with E-state index in [2.05, 4.69) is 19.1 Å². The second-order valence-electron chi connectivity index (χ2n) is 4.21. The van der Waals surface area contributed by atoms with Crippen molar-refractivity contribution in [3.05, 3.63) is 12.2 Å². The van der Waals surface area contributed by atoms with Gasteiger partial charge in [0.2, 0.25) is 5.91 Å². The number of nitrogens with two attached hydrogens (primary N) is 1. The minimum absolute atomic E-state index is 0.116. The minimum Gasteiger partial charge on any atom is -0.369 e. The lowest BCUT2D eigenvalue weighted by Crippen LogP contribution is -2.13. The fourth-order valence-corrected chi connectivity index (χ4v) is 1.76. The lowest BCUT2D eigenvalue weighted by molar-refractivity contribution is -0.119. The number of allylic oxidation sites excluding steroid dienone is 2. The molecular formula is C12H21NO. The molecule has 2 heteroatoms. The van der Waals surface area contributed by atoms with Crippen molar-refractivity contribution in [3.63, 3.8) is 0 Å². The second kappa shape index (κ2) is 5.84. The first-order chi connectivity index (χ1) is 6.75. The van der Waals surface area contributed by atoms with Gasteiger partial charge in [-0.25, -0.2) is 0 Å². The molecule has 0 aromatic heterocycles. The highest BCUT2D eigenvalue weighted by atomic mass is 16.1. The van der Waals surface area contributed by atoms with Gasteiger partial charge in [0.05, 0.1) is 0 Å². The summed E-state index contributed by atoms with van der Waals surface area (Å²) in [6, 6.07) is 0. The molecular weight excluding hydrogens is 174 g/mol. The van der Waals surface area contributed by atoms with Crippen molar-refractivity contribution < 1.29 is 4.79 Å². The summed E-state index contributed by atoms with van der Waals surface area (Å²) in [4.78, 5) is 10.7. The third-order valence-electron chi connectivity index (χ3n) is 2.87. The van der Waals surface area contributed by atoms with Gasteiger partial charge < -0.3 is 5.73 Å². The summed E-state index contributed by atoms with van der Waals surface area (Å²) in [5.74, 6) is 0.611. The molecule has 1 aliphatic rings. The Kier molecular flexibility index (Phi) is 4.71. The average Bonchev–Trinajstić information content (AvgIpc) is 2.90.